The molecule has 0 radical (unpaired) electrons. The number of rotatable bonds is 6. The zero-order valence-corrected chi connectivity index (χ0v) is 11.8. The van der Waals surface area contributed by atoms with Crippen molar-refractivity contribution in [3.63, 3.8) is 0 Å². The number of ether oxygens (including phenoxy) is 1. The van der Waals surface area contributed by atoms with Gasteiger partial charge in [0.25, 0.3) is 0 Å². The number of hydrogen-bond donors (Lipinski definition) is 2. The molecule has 0 aliphatic carbocycles. The maximum atomic E-state index is 5.79. The van der Waals surface area contributed by atoms with Crippen molar-refractivity contribution in [2.45, 2.75) is 26.3 Å². The van der Waals surface area contributed by atoms with E-state index in [0.29, 0.717) is 12.6 Å². The summed E-state index contributed by atoms with van der Waals surface area (Å²) < 4.78 is 5.18. The SMILES string of the molecule is CCC(C)N(CCOC)c1nc2ccc(N)cc2[nH]1. The maximum Gasteiger partial charge on any atom is 0.204 e. The van der Waals surface area contributed by atoms with Crippen LogP contribution >= 0.6 is 0 Å². The fraction of sp³-hybridized carbons (Fsp3) is 0.500. The van der Waals surface area contributed by atoms with Crippen molar-refractivity contribution in [1.82, 2.24) is 9.97 Å². The number of aromatic amines is 1. The van der Waals surface area contributed by atoms with E-state index in [1.165, 1.54) is 0 Å². The maximum absolute atomic E-state index is 5.79. The van der Waals surface area contributed by atoms with Gasteiger partial charge in [-0.15, -0.1) is 0 Å². The minimum Gasteiger partial charge on any atom is -0.399 e. The van der Waals surface area contributed by atoms with Crippen molar-refractivity contribution in [2.75, 3.05) is 30.9 Å². The van der Waals surface area contributed by atoms with Crippen molar-refractivity contribution in [3.05, 3.63) is 18.2 Å². The van der Waals surface area contributed by atoms with Crippen LogP contribution in [0.3, 0.4) is 0 Å². The number of nitrogen functional groups attached to an aromatic ring is 1. The second-order valence-corrected chi connectivity index (χ2v) is 4.78. The summed E-state index contributed by atoms with van der Waals surface area (Å²) in [5, 5.41) is 0. The molecule has 104 valence electrons. The Bertz CT molecular complexity index is 537. The molecule has 0 saturated carbocycles. The van der Waals surface area contributed by atoms with Crippen LogP contribution in [0, 0.1) is 0 Å². The van der Waals surface area contributed by atoms with E-state index in [1.807, 2.05) is 18.2 Å². The normalized spacial score (nSPS) is 12.8. The molecule has 1 heterocycles. The largest absolute Gasteiger partial charge is 0.399 e. The Morgan fingerprint density at radius 3 is 2.95 bits per heavy atom. The van der Waals surface area contributed by atoms with Crippen LogP contribution < -0.4 is 10.6 Å². The predicted molar refractivity (Wildman–Crippen MR) is 79.5 cm³/mol. The molecule has 0 fully saturated rings. The molecule has 1 unspecified atom stereocenters. The molecule has 0 bridgehead atoms. The van der Waals surface area contributed by atoms with E-state index in [0.717, 1.165) is 35.6 Å². The smallest absolute Gasteiger partial charge is 0.204 e. The van der Waals surface area contributed by atoms with Crippen LogP contribution in [0.1, 0.15) is 20.3 Å². The summed E-state index contributed by atoms with van der Waals surface area (Å²) >= 11 is 0. The van der Waals surface area contributed by atoms with Crippen molar-refractivity contribution < 1.29 is 4.74 Å². The molecule has 0 amide bonds. The lowest BCUT2D eigenvalue weighted by atomic mass is 10.2. The number of aromatic nitrogens is 2. The van der Waals surface area contributed by atoms with E-state index in [-0.39, 0.29) is 0 Å². The first-order chi connectivity index (χ1) is 9.15. The van der Waals surface area contributed by atoms with Gasteiger partial charge < -0.3 is 20.4 Å². The van der Waals surface area contributed by atoms with Crippen molar-refractivity contribution in [1.29, 1.82) is 0 Å². The van der Waals surface area contributed by atoms with Crippen molar-refractivity contribution in [2.24, 2.45) is 0 Å². The van der Waals surface area contributed by atoms with E-state index >= 15 is 0 Å². The first-order valence-electron chi connectivity index (χ1n) is 6.66. The first kappa shape index (κ1) is 13.7. The third-order valence-electron chi connectivity index (χ3n) is 3.42. The van der Waals surface area contributed by atoms with Crippen LogP contribution in [0.25, 0.3) is 11.0 Å². The summed E-state index contributed by atoms with van der Waals surface area (Å²) in [6.45, 7) is 5.87. The molecule has 0 aliphatic rings. The molecule has 2 aromatic rings. The fourth-order valence-electron chi connectivity index (χ4n) is 2.09. The van der Waals surface area contributed by atoms with Crippen LogP contribution in [-0.2, 0) is 4.74 Å². The number of hydrogen-bond acceptors (Lipinski definition) is 4. The fourth-order valence-corrected chi connectivity index (χ4v) is 2.09. The van der Waals surface area contributed by atoms with Gasteiger partial charge in [0.2, 0.25) is 5.95 Å². The number of imidazole rings is 1. The zero-order chi connectivity index (χ0) is 13.8. The standard InChI is InChI=1S/C14H22N4O/c1-4-10(2)18(7-8-19-3)14-16-12-6-5-11(15)9-13(12)17-14/h5-6,9-10H,4,7-8,15H2,1-3H3,(H,16,17). The van der Waals surface area contributed by atoms with E-state index in [9.17, 15) is 0 Å². The van der Waals surface area contributed by atoms with Crippen LogP contribution in [0.15, 0.2) is 18.2 Å². The highest BCUT2D eigenvalue weighted by molar-refractivity contribution is 5.80. The van der Waals surface area contributed by atoms with Crippen LogP contribution in [-0.4, -0.2) is 36.3 Å². The summed E-state index contributed by atoms with van der Waals surface area (Å²) in [7, 11) is 1.72. The van der Waals surface area contributed by atoms with E-state index < -0.39 is 0 Å². The molecule has 0 aliphatic heterocycles. The molecule has 19 heavy (non-hydrogen) atoms. The van der Waals surface area contributed by atoms with Gasteiger partial charge in [0.15, 0.2) is 0 Å². The van der Waals surface area contributed by atoms with Crippen LogP contribution in [0.2, 0.25) is 0 Å². The molecule has 1 aromatic carbocycles. The van der Waals surface area contributed by atoms with Gasteiger partial charge in [-0.3, -0.25) is 0 Å². The molecule has 0 saturated heterocycles. The summed E-state index contributed by atoms with van der Waals surface area (Å²) in [5.41, 5.74) is 8.45. The van der Waals surface area contributed by atoms with Gasteiger partial charge in [-0.1, -0.05) is 6.92 Å². The Kier molecular flexibility index (Phi) is 4.27. The molecule has 1 atom stereocenters. The van der Waals surface area contributed by atoms with Gasteiger partial charge in [0.05, 0.1) is 17.6 Å². The van der Waals surface area contributed by atoms with Gasteiger partial charge in [-0.2, -0.15) is 0 Å². The third-order valence-corrected chi connectivity index (χ3v) is 3.42. The minimum atomic E-state index is 0.410. The highest BCUT2D eigenvalue weighted by Crippen LogP contribution is 2.21. The Labute approximate surface area is 113 Å². The van der Waals surface area contributed by atoms with Gasteiger partial charge in [-0.25, -0.2) is 4.98 Å². The number of anilines is 2. The number of H-pyrrole nitrogens is 1. The quantitative estimate of drug-likeness (QED) is 0.784. The van der Waals surface area contributed by atoms with Gasteiger partial charge >= 0.3 is 0 Å². The molecule has 2 rings (SSSR count). The van der Waals surface area contributed by atoms with Crippen molar-refractivity contribution in [3.8, 4) is 0 Å². The average Bonchev–Trinajstić information content (AvgIpc) is 2.81. The zero-order valence-electron chi connectivity index (χ0n) is 11.8. The van der Waals surface area contributed by atoms with E-state index in [2.05, 4.69) is 28.7 Å². The molecule has 5 heteroatoms. The number of nitrogens with zero attached hydrogens (tertiary/aromatic N) is 2. The Morgan fingerprint density at radius 2 is 2.26 bits per heavy atom. The summed E-state index contributed by atoms with van der Waals surface area (Å²) in [5.74, 6) is 0.881. The molecule has 5 nitrogen and oxygen atoms in total. The van der Waals surface area contributed by atoms with Gasteiger partial charge in [0, 0.05) is 25.4 Å². The summed E-state index contributed by atoms with van der Waals surface area (Å²) in [4.78, 5) is 10.2. The molecule has 3 N–H and O–H groups in total. The van der Waals surface area contributed by atoms with Crippen LogP contribution in [0.5, 0.6) is 0 Å². The molecular weight excluding hydrogens is 240 g/mol. The Balaban J connectivity index is 2.32. The average molecular weight is 262 g/mol. The summed E-state index contributed by atoms with van der Waals surface area (Å²) in [6.07, 6.45) is 1.06. The molecular formula is C14H22N4O. The van der Waals surface area contributed by atoms with Gasteiger partial charge in [0.1, 0.15) is 0 Å². The Morgan fingerprint density at radius 1 is 1.47 bits per heavy atom. The number of methoxy groups -OCH3 is 1. The van der Waals surface area contributed by atoms with Gasteiger partial charge in [-0.05, 0) is 31.5 Å². The second-order valence-electron chi connectivity index (χ2n) is 4.78. The highest BCUT2D eigenvalue weighted by atomic mass is 16.5. The molecule has 1 aromatic heterocycles. The van der Waals surface area contributed by atoms with Crippen LogP contribution in [0.4, 0.5) is 11.6 Å². The Hall–Kier alpha value is -1.75. The number of benzene rings is 1. The van der Waals surface area contributed by atoms with E-state index in [1.54, 1.807) is 7.11 Å². The highest BCUT2D eigenvalue weighted by Gasteiger charge is 2.16. The van der Waals surface area contributed by atoms with Crippen molar-refractivity contribution >= 4 is 22.7 Å². The first-order valence-corrected chi connectivity index (χ1v) is 6.66. The lowest BCUT2D eigenvalue weighted by molar-refractivity contribution is 0.203. The monoisotopic (exact) mass is 262 g/mol. The number of nitrogens with one attached hydrogen (secondary N) is 1. The summed E-state index contributed by atoms with van der Waals surface area (Å²) in [6, 6.07) is 6.13. The van der Waals surface area contributed by atoms with E-state index in [4.69, 9.17) is 10.5 Å². The lowest BCUT2D eigenvalue weighted by Gasteiger charge is -2.27. The second kappa shape index (κ2) is 5.93. The topological polar surface area (TPSA) is 67.2 Å². The minimum absolute atomic E-state index is 0.410. The lowest BCUT2D eigenvalue weighted by Crippen LogP contribution is -2.36. The number of fused-ring (bicyclic) bond motifs is 1. The number of nitrogens with two attached hydrogens (primary N) is 1. The third kappa shape index (κ3) is 2.98. The molecule has 0 spiro atoms. The predicted octanol–water partition coefficient (Wildman–Crippen LogP) is 2.40.